The summed E-state index contributed by atoms with van der Waals surface area (Å²) < 4.78 is 0. The number of piperidine rings is 1. The highest BCUT2D eigenvalue weighted by atomic mass is 16.3. The molecule has 2 rings (SSSR count). The first kappa shape index (κ1) is 14.3. The lowest BCUT2D eigenvalue weighted by Gasteiger charge is -2.32. The van der Waals surface area contributed by atoms with Gasteiger partial charge in [-0.05, 0) is 51.9 Å². The largest absolute Gasteiger partial charge is 0.389 e. The van der Waals surface area contributed by atoms with E-state index in [-0.39, 0.29) is 0 Å². The van der Waals surface area contributed by atoms with E-state index in [1.807, 2.05) is 12.1 Å². The molecule has 4 nitrogen and oxygen atoms in total. The van der Waals surface area contributed by atoms with Crippen molar-refractivity contribution in [3.63, 3.8) is 0 Å². The standard InChI is InChI=1S/C15H25N3O/c1-12(19)14-5-4-8-16-15(14)18(3)11-13-6-9-17(2)10-7-13/h4-5,8,12-13,19H,6-7,9-11H2,1-3H3. The zero-order chi connectivity index (χ0) is 13.8. The van der Waals surface area contributed by atoms with Crippen molar-refractivity contribution >= 4 is 5.82 Å². The summed E-state index contributed by atoms with van der Waals surface area (Å²) in [6.07, 6.45) is 3.82. The van der Waals surface area contributed by atoms with Gasteiger partial charge in [0.25, 0.3) is 0 Å². The Morgan fingerprint density at radius 1 is 1.47 bits per heavy atom. The quantitative estimate of drug-likeness (QED) is 0.901. The second-order valence-corrected chi connectivity index (χ2v) is 5.72. The van der Waals surface area contributed by atoms with E-state index in [9.17, 15) is 5.11 Å². The van der Waals surface area contributed by atoms with Crippen molar-refractivity contribution in [1.29, 1.82) is 0 Å². The lowest BCUT2D eigenvalue weighted by Crippen LogP contribution is -2.36. The smallest absolute Gasteiger partial charge is 0.134 e. The van der Waals surface area contributed by atoms with E-state index in [4.69, 9.17) is 0 Å². The van der Waals surface area contributed by atoms with Gasteiger partial charge in [-0.2, -0.15) is 0 Å². The van der Waals surface area contributed by atoms with Gasteiger partial charge in [-0.3, -0.25) is 0 Å². The molecule has 4 heteroatoms. The fourth-order valence-electron chi connectivity index (χ4n) is 2.77. The number of aliphatic hydroxyl groups excluding tert-OH is 1. The molecule has 1 unspecified atom stereocenters. The maximum absolute atomic E-state index is 9.82. The van der Waals surface area contributed by atoms with Gasteiger partial charge in [0.15, 0.2) is 0 Å². The number of hydrogen-bond donors (Lipinski definition) is 1. The maximum atomic E-state index is 9.82. The van der Waals surface area contributed by atoms with Gasteiger partial charge in [0.05, 0.1) is 6.10 Å². The summed E-state index contributed by atoms with van der Waals surface area (Å²) in [5, 5.41) is 9.82. The highest BCUT2D eigenvalue weighted by Gasteiger charge is 2.20. The summed E-state index contributed by atoms with van der Waals surface area (Å²) in [4.78, 5) is 9.02. The first-order valence-corrected chi connectivity index (χ1v) is 7.10. The summed E-state index contributed by atoms with van der Waals surface area (Å²) in [5.74, 6) is 1.64. The van der Waals surface area contributed by atoms with Crippen LogP contribution in [0.3, 0.4) is 0 Å². The molecule has 0 aliphatic carbocycles. The molecule has 106 valence electrons. The summed E-state index contributed by atoms with van der Waals surface area (Å²) in [6.45, 7) is 5.18. The maximum Gasteiger partial charge on any atom is 0.134 e. The van der Waals surface area contributed by atoms with Gasteiger partial charge < -0.3 is 14.9 Å². The minimum atomic E-state index is -0.469. The van der Waals surface area contributed by atoms with Gasteiger partial charge in [-0.15, -0.1) is 0 Å². The van der Waals surface area contributed by atoms with Crippen LogP contribution in [0, 0.1) is 5.92 Å². The first-order chi connectivity index (χ1) is 9.08. The molecule has 1 aromatic rings. The molecule has 1 aromatic heterocycles. The van der Waals surface area contributed by atoms with Gasteiger partial charge in [0.1, 0.15) is 5.82 Å². The monoisotopic (exact) mass is 263 g/mol. The second kappa shape index (κ2) is 6.35. The SMILES string of the molecule is CC(O)c1cccnc1N(C)CC1CCN(C)CC1. The molecule has 1 saturated heterocycles. The van der Waals surface area contributed by atoms with Crippen LogP contribution in [0.15, 0.2) is 18.3 Å². The summed E-state index contributed by atoms with van der Waals surface area (Å²) in [7, 11) is 4.26. The molecule has 1 aliphatic heterocycles. The third kappa shape index (κ3) is 3.67. The normalized spacial score (nSPS) is 19.4. The highest BCUT2D eigenvalue weighted by Crippen LogP contribution is 2.25. The van der Waals surface area contributed by atoms with Gasteiger partial charge in [0, 0.05) is 25.4 Å². The van der Waals surface area contributed by atoms with Crippen LogP contribution in [0.2, 0.25) is 0 Å². The van der Waals surface area contributed by atoms with Crippen molar-refractivity contribution in [1.82, 2.24) is 9.88 Å². The summed E-state index contributed by atoms with van der Waals surface area (Å²) in [6, 6.07) is 3.84. The Bertz CT molecular complexity index is 400. The molecule has 0 amide bonds. The van der Waals surface area contributed by atoms with Crippen molar-refractivity contribution in [3.8, 4) is 0 Å². The number of hydrogen-bond acceptors (Lipinski definition) is 4. The van der Waals surface area contributed by atoms with Crippen molar-refractivity contribution in [2.45, 2.75) is 25.9 Å². The van der Waals surface area contributed by atoms with E-state index in [0.29, 0.717) is 0 Å². The predicted molar refractivity (Wildman–Crippen MR) is 78.4 cm³/mol. The minimum absolute atomic E-state index is 0.469. The van der Waals surface area contributed by atoms with Crippen LogP contribution < -0.4 is 4.90 Å². The highest BCUT2D eigenvalue weighted by molar-refractivity contribution is 5.47. The van der Waals surface area contributed by atoms with E-state index in [1.54, 1.807) is 13.1 Å². The Kier molecular flexibility index (Phi) is 4.77. The summed E-state index contributed by atoms with van der Waals surface area (Å²) >= 11 is 0. The topological polar surface area (TPSA) is 39.6 Å². The molecule has 19 heavy (non-hydrogen) atoms. The number of likely N-dealkylation sites (tertiary alicyclic amines) is 1. The van der Waals surface area contributed by atoms with Crippen LogP contribution in [0.1, 0.15) is 31.4 Å². The molecule has 0 bridgehead atoms. The second-order valence-electron chi connectivity index (χ2n) is 5.72. The van der Waals surface area contributed by atoms with Crippen molar-refractivity contribution in [2.75, 3.05) is 38.6 Å². The number of nitrogens with zero attached hydrogens (tertiary/aromatic N) is 3. The average Bonchev–Trinajstić information content (AvgIpc) is 2.41. The molecule has 0 aromatic carbocycles. The van der Waals surface area contributed by atoms with Crippen molar-refractivity contribution in [2.24, 2.45) is 5.92 Å². The predicted octanol–water partition coefficient (Wildman–Crippen LogP) is 1.91. The zero-order valence-electron chi connectivity index (χ0n) is 12.2. The number of anilines is 1. The van der Waals surface area contributed by atoms with Crippen LogP contribution in [-0.2, 0) is 0 Å². The van der Waals surface area contributed by atoms with Crippen LogP contribution in [-0.4, -0.2) is 48.7 Å². The van der Waals surface area contributed by atoms with Crippen molar-refractivity contribution < 1.29 is 5.11 Å². The van der Waals surface area contributed by atoms with E-state index < -0.39 is 6.10 Å². The lowest BCUT2D eigenvalue weighted by molar-refractivity contribution is 0.198. The van der Waals surface area contributed by atoms with Crippen molar-refractivity contribution in [3.05, 3.63) is 23.9 Å². The zero-order valence-corrected chi connectivity index (χ0v) is 12.2. The third-order valence-corrected chi connectivity index (χ3v) is 4.00. The average molecular weight is 263 g/mol. The van der Waals surface area contributed by atoms with E-state index in [1.165, 1.54) is 25.9 Å². The molecular formula is C15H25N3O. The van der Waals surface area contributed by atoms with E-state index in [0.717, 1.165) is 23.8 Å². The Labute approximate surface area is 116 Å². The van der Waals surface area contributed by atoms with Gasteiger partial charge >= 0.3 is 0 Å². The Balaban J connectivity index is 2.01. The molecule has 1 N–H and O–H groups in total. The number of rotatable bonds is 4. The molecule has 0 radical (unpaired) electrons. The van der Waals surface area contributed by atoms with Crippen LogP contribution in [0.4, 0.5) is 5.82 Å². The lowest BCUT2D eigenvalue weighted by atomic mass is 9.96. The Morgan fingerprint density at radius 3 is 2.79 bits per heavy atom. The van der Waals surface area contributed by atoms with Gasteiger partial charge in [-0.1, -0.05) is 6.07 Å². The molecule has 1 atom stereocenters. The van der Waals surface area contributed by atoms with Gasteiger partial charge in [-0.25, -0.2) is 4.98 Å². The molecule has 2 heterocycles. The minimum Gasteiger partial charge on any atom is -0.389 e. The molecule has 0 spiro atoms. The van der Waals surface area contributed by atoms with Crippen LogP contribution in [0.25, 0.3) is 0 Å². The Morgan fingerprint density at radius 2 is 2.16 bits per heavy atom. The number of aromatic nitrogens is 1. The van der Waals surface area contributed by atoms with Gasteiger partial charge in [0.2, 0.25) is 0 Å². The third-order valence-electron chi connectivity index (χ3n) is 4.00. The van der Waals surface area contributed by atoms with E-state index in [2.05, 4.69) is 28.9 Å². The molecule has 1 aliphatic rings. The molecule has 1 fully saturated rings. The van der Waals surface area contributed by atoms with Crippen LogP contribution in [0.5, 0.6) is 0 Å². The van der Waals surface area contributed by atoms with E-state index >= 15 is 0 Å². The first-order valence-electron chi connectivity index (χ1n) is 7.10. The van der Waals surface area contributed by atoms with Crippen LogP contribution >= 0.6 is 0 Å². The molecule has 0 saturated carbocycles. The number of aliphatic hydroxyl groups is 1. The molecular weight excluding hydrogens is 238 g/mol. The Hall–Kier alpha value is -1.13. The fourth-order valence-corrected chi connectivity index (χ4v) is 2.77. The fraction of sp³-hybridized carbons (Fsp3) is 0.667. The number of pyridine rings is 1. The summed E-state index contributed by atoms with van der Waals surface area (Å²) in [5.41, 5.74) is 0.915.